The van der Waals surface area contributed by atoms with Gasteiger partial charge >= 0.3 is 0 Å². The minimum absolute atomic E-state index is 0.166. The van der Waals surface area contributed by atoms with E-state index in [9.17, 15) is 9.50 Å². The van der Waals surface area contributed by atoms with E-state index in [1.165, 1.54) is 12.1 Å². The first-order chi connectivity index (χ1) is 7.84. The SMILES string of the molecule is CCN(CC(O)C(C)(C)C)c1cccc(F)c1. The lowest BCUT2D eigenvalue weighted by atomic mass is 9.89. The average molecular weight is 239 g/mol. The molecule has 0 aliphatic heterocycles. The molecule has 96 valence electrons. The molecular weight excluding hydrogens is 217 g/mol. The third-order valence-corrected chi connectivity index (χ3v) is 2.95. The molecule has 1 aromatic carbocycles. The molecule has 0 heterocycles. The predicted octanol–water partition coefficient (Wildman–Crippen LogP) is 3.06. The molecule has 0 aliphatic carbocycles. The summed E-state index contributed by atoms with van der Waals surface area (Å²) in [6, 6.07) is 6.48. The first-order valence-electron chi connectivity index (χ1n) is 6.03. The quantitative estimate of drug-likeness (QED) is 0.873. The molecule has 2 nitrogen and oxygen atoms in total. The molecule has 1 unspecified atom stereocenters. The highest BCUT2D eigenvalue weighted by molar-refractivity contribution is 5.46. The molecule has 0 amide bonds. The Kier molecular flexibility index (Phi) is 4.52. The summed E-state index contributed by atoms with van der Waals surface area (Å²) < 4.78 is 13.1. The molecular formula is C14H22FNO. The molecule has 0 spiro atoms. The van der Waals surface area contributed by atoms with Crippen molar-refractivity contribution < 1.29 is 9.50 Å². The number of likely N-dealkylation sites (N-methyl/N-ethyl adjacent to an activating group) is 1. The topological polar surface area (TPSA) is 23.5 Å². The van der Waals surface area contributed by atoms with Crippen molar-refractivity contribution in [3.63, 3.8) is 0 Å². The van der Waals surface area contributed by atoms with Gasteiger partial charge in [-0.05, 0) is 30.5 Å². The zero-order chi connectivity index (χ0) is 13.1. The van der Waals surface area contributed by atoms with E-state index in [1.54, 1.807) is 6.07 Å². The van der Waals surface area contributed by atoms with Gasteiger partial charge in [-0.2, -0.15) is 0 Å². The molecule has 0 radical (unpaired) electrons. The van der Waals surface area contributed by atoms with Crippen molar-refractivity contribution >= 4 is 5.69 Å². The fraction of sp³-hybridized carbons (Fsp3) is 0.571. The van der Waals surface area contributed by atoms with Crippen molar-refractivity contribution in [2.75, 3.05) is 18.0 Å². The molecule has 0 aliphatic rings. The van der Waals surface area contributed by atoms with Gasteiger partial charge in [-0.15, -0.1) is 0 Å². The van der Waals surface area contributed by atoms with Crippen molar-refractivity contribution in [3.05, 3.63) is 30.1 Å². The van der Waals surface area contributed by atoms with E-state index in [-0.39, 0.29) is 11.2 Å². The number of hydrogen-bond acceptors (Lipinski definition) is 2. The summed E-state index contributed by atoms with van der Waals surface area (Å²) in [5.74, 6) is -0.244. The Hall–Kier alpha value is -1.09. The van der Waals surface area contributed by atoms with Crippen molar-refractivity contribution in [2.45, 2.75) is 33.8 Å². The maximum absolute atomic E-state index is 13.1. The highest BCUT2D eigenvalue weighted by atomic mass is 19.1. The molecule has 17 heavy (non-hydrogen) atoms. The molecule has 3 heteroatoms. The van der Waals surface area contributed by atoms with Crippen LogP contribution in [-0.4, -0.2) is 24.3 Å². The van der Waals surface area contributed by atoms with E-state index in [0.29, 0.717) is 6.54 Å². The van der Waals surface area contributed by atoms with Crippen LogP contribution in [-0.2, 0) is 0 Å². The van der Waals surface area contributed by atoms with Gasteiger partial charge in [0.2, 0.25) is 0 Å². The minimum atomic E-state index is -0.439. The Morgan fingerprint density at radius 3 is 2.47 bits per heavy atom. The fourth-order valence-corrected chi connectivity index (χ4v) is 1.57. The number of aliphatic hydroxyl groups is 1. The second-order valence-corrected chi connectivity index (χ2v) is 5.40. The van der Waals surface area contributed by atoms with E-state index in [0.717, 1.165) is 12.2 Å². The summed E-state index contributed by atoms with van der Waals surface area (Å²) in [6.45, 7) is 9.26. The van der Waals surface area contributed by atoms with Crippen LogP contribution < -0.4 is 4.90 Å². The van der Waals surface area contributed by atoms with Crippen LogP contribution in [0.4, 0.5) is 10.1 Å². The van der Waals surface area contributed by atoms with Gasteiger partial charge in [0.15, 0.2) is 0 Å². The Morgan fingerprint density at radius 2 is 2.00 bits per heavy atom. The van der Waals surface area contributed by atoms with Crippen LogP contribution in [0.15, 0.2) is 24.3 Å². The number of nitrogens with zero attached hydrogens (tertiary/aromatic N) is 1. The van der Waals surface area contributed by atoms with Crippen molar-refractivity contribution in [1.82, 2.24) is 0 Å². The predicted molar refractivity (Wildman–Crippen MR) is 69.7 cm³/mol. The molecule has 1 rings (SSSR count). The summed E-state index contributed by atoms with van der Waals surface area (Å²) in [5.41, 5.74) is 0.650. The average Bonchev–Trinajstić information content (AvgIpc) is 2.24. The number of rotatable bonds is 4. The van der Waals surface area contributed by atoms with Gasteiger partial charge in [-0.1, -0.05) is 26.8 Å². The summed E-state index contributed by atoms with van der Waals surface area (Å²) >= 11 is 0. The first kappa shape index (κ1) is 14.0. The summed E-state index contributed by atoms with van der Waals surface area (Å²) in [6.07, 6.45) is -0.439. The zero-order valence-electron chi connectivity index (χ0n) is 11.1. The second kappa shape index (κ2) is 5.50. The number of anilines is 1. The van der Waals surface area contributed by atoms with Crippen LogP contribution in [0.1, 0.15) is 27.7 Å². The van der Waals surface area contributed by atoms with Crippen LogP contribution in [0.3, 0.4) is 0 Å². The molecule has 0 fully saturated rings. The van der Waals surface area contributed by atoms with Crippen LogP contribution in [0.25, 0.3) is 0 Å². The fourth-order valence-electron chi connectivity index (χ4n) is 1.57. The number of hydrogen-bond donors (Lipinski definition) is 1. The van der Waals surface area contributed by atoms with Gasteiger partial charge in [0.1, 0.15) is 5.82 Å². The van der Waals surface area contributed by atoms with Gasteiger partial charge in [0.05, 0.1) is 6.10 Å². The standard InChI is InChI=1S/C14H22FNO/c1-5-16(10-13(17)14(2,3)4)12-8-6-7-11(15)9-12/h6-9,13,17H,5,10H2,1-4H3. The largest absolute Gasteiger partial charge is 0.391 e. The van der Waals surface area contributed by atoms with Gasteiger partial charge < -0.3 is 10.0 Å². The maximum atomic E-state index is 13.1. The van der Waals surface area contributed by atoms with Gasteiger partial charge in [0, 0.05) is 18.8 Å². The normalized spacial score (nSPS) is 13.5. The van der Waals surface area contributed by atoms with Gasteiger partial charge in [0.25, 0.3) is 0 Å². The summed E-state index contributed by atoms with van der Waals surface area (Å²) in [5, 5.41) is 10.1. The third-order valence-electron chi connectivity index (χ3n) is 2.95. The van der Waals surface area contributed by atoms with Gasteiger partial charge in [-0.25, -0.2) is 4.39 Å². The Bertz CT molecular complexity index is 359. The van der Waals surface area contributed by atoms with Crippen LogP contribution in [0, 0.1) is 11.2 Å². The number of benzene rings is 1. The van der Waals surface area contributed by atoms with E-state index in [1.807, 2.05) is 38.7 Å². The van der Waals surface area contributed by atoms with Crippen LogP contribution in [0.2, 0.25) is 0 Å². The lowest BCUT2D eigenvalue weighted by Crippen LogP contribution is -2.39. The Labute approximate surface area is 103 Å². The van der Waals surface area contributed by atoms with E-state index in [2.05, 4.69) is 0 Å². The van der Waals surface area contributed by atoms with E-state index >= 15 is 0 Å². The van der Waals surface area contributed by atoms with Crippen LogP contribution in [0.5, 0.6) is 0 Å². The van der Waals surface area contributed by atoms with E-state index < -0.39 is 6.10 Å². The van der Waals surface area contributed by atoms with Crippen molar-refractivity contribution in [2.24, 2.45) is 5.41 Å². The maximum Gasteiger partial charge on any atom is 0.125 e. The van der Waals surface area contributed by atoms with Crippen molar-refractivity contribution in [3.8, 4) is 0 Å². The lowest BCUT2D eigenvalue weighted by Gasteiger charge is -2.32. The molecule has 0 saturated carbocycles. The Balaban J connectivity index is 2.79. The molecule has 1 atom stereocenters. The molecule has 1 aromatic rings. The third kappa shape index (κ3) is 4.00. The minimum Gasteiger partial charge on any atom is -0.391 e. The number of aliphatic hydroxyl groups excluding tert-OH is 1. The number of halogens is 1. The van der Waals surface area contributed by atoms with E-state index in [4.69, 9.17) is 0 Å². The molecule has 0 bridgehead atoms. The van der Waals surface area contributed by atoms with Crippen LogP contribution >= 0.6 is 0 Å². The first-order valence-corrected chi connectivity index (χ1v) is 6.03. The van der Waals surface area contributed by atoms with Crippen molar-refractivity contribution in [1.29, 1.82) is 0 Å². The molecule has 0 aromatic heterocycles. The highest BCUT2D eigenvalue weighted by Crippen LogP contribution is 2.22. The summed E-state index contributed by atoms with van der Waals surface area (Å²) in [7, 11) is 0. The second-order valence-electron chi connectivity index (χ2n) is 5.40. The Morgan fingerprint density at radius 1 is 1.35 bits per heavy atom. The zero-order valence-corrected chi connectivity index (χ0v) is 11.1. The van der Waals surface area contributed by atoms with Gasteiger partial charge in [-0.3, -0.25) is 0 Å². The monoisotopic (exact) mass is 239 g/mol. The smallest absolute Gasteiger partial charge is 0.125 e. The highest BCUT2D eigenvalue weighted by Gasteiger charge is 2.24. The summed E-state index contributed by atoms with van der Waals surface area (Å²) in [4.78, 5) is 1.99. The molecule has 1 N–H and O–H groups in total. The lowest BCUT2D eigenvalue weighted by molar-refractivity contribution is 0.0691. The molecule has 0 saturated heterocycles.